The van der Waals surface area contributed by atoms with E-state index in [0.29, 0.717) is 6.54 Å². The first-order valence-corrected chi connectivity index (χ1v) is 4.64. The van der Waals surface area contributed by atoms with Crippen molar-refractivity contribution in [1.29, 1.82) is 0 Å². The molecule has 2 unspecified atom stereocenters. The minimum atomic E-state index is 0.646. The van der Waals surface area contributed by atoms with Crippen molar-refractivity contribution in [2.24, 2.45) is 0 Å². The third kappa shape index (κ3) is 1.08. The molecule has 3 saturated heterocycles. The molecule has 0 aliphatic carbocycles. The van der Waals surface area contributed by atoms with Crippen LogP contribution in [-0.4, -0.2) is 41.3 Å². The lowest BCUT2D eigenvalue weighted by molar-refractivity contribution is -0.109. The van der Waals surface area contributed by atoms with Crippen molar-refractivity contribution < 1.29 is 4.79 Å². The van der Waals surface area contributed by atoms with E-state index < -0.39 is 0 Å². The van der Waals surface area contributed by atoms with Gasteiger partial charge in [0, 0.05) is 23.6 Å². The van der Waals surface area contributed by atoms with Crippen LogP contribution in [0.2, 0.25) is 0 Å². The van der Waals surface area contributed by atoms with E-state index in [9.17, 15) is 4.79 Å². The molecule has 2 atom stereocenters. The maximum Gasteiger partial charge on any atom is 0.133 e. The fourth-order valence-electron chi connectivity index (χ4n) is 1.69. The number of carbonyl (C=O) groups excluding carboxylic acids is 1. The van der Waals surface area contributed by atoms with Gasteiger partial charge in [-0.1, -0.05) is 0 Å². The molecular weight excluding hydrogens is 146 g/mol. The largest absolute Gasteiger partial charge is 0.302 e. The van der Waals surface area contributed by atoms with Gasteiger partial charge >= 0.3 is 0 Å². The Morgan fingerprint density at radius 2 is 2.10 bits per heavy atom. The molecule has 0 saturated carbocycles. The van der Waals surface area contributed by atoms with Crippen molar-refractivity contribution in [3.05, 3.63) is 0 Å². The summed E-state index contributed by atoms with van der Waals surface area (Å²) < 4.78 is 0. The minimum Gasteiger partial charge on any atom is -0.302 e. The summed E-state index contributed by atoms with van der Waals surface area (Å²) in [6.45, 7) is 2.92. The zero-order valence-electron chi connectivity index (χ0n) is 5.82. The number of hydrogen-bond donors (Lipinski definition) is 0. The van der Waals surface area contributed by atoms with E-state index >= 15 is 0 Å². The Morgan fingerprint density at radius 3 is 2.60 bits per heavy atom. The van der Waals surface area contributed by atoms with Crippen molar-refractivity contribution in [2.45, 2.75) is 16.9 Å². The molecule has 3 heterocycles. The first-order valence-electron chi connectivity index (χ1n) is 3.70. The van der Waals surface area contributed by atoms with E-state index in [0.717, 1.165) is 29.9 Å². The van der Waals surface area contributed by atoms with Crippen LogP contribution in [0.3, 0.4) is 0 Å². The molecule has 0 spiro atoms. The normalized spacial score (nSPS) is 38.8. The van der Waals surface area contributed by atoms with Gasteiger partial charge in [-0.05, 0) is 6.42 Å². The quantitative estimate of drug-likeness (QED) is 0.540. The fourth-order valence-corrected chi connectivity index (χ4v) is 3.16. The summed E-state index contributed by atoms with van der Waals surface area (Å²) in [6.07, 6.45) is 2.40. The van der Waals surface area contributed by atoms with Gasteiger partial charge in [0.25, 0.3) is 0 Å². The van der Waals surface area contributed by atoms with Gasteiger partial charge < -0.3 is 4.79 Å². The highest BCUT2D eigenvalue weighted by molar-refractivity contribution is 8.02. The third-order valence-electron chi connectivity index (χ3n) is 2.17. The number of rotatable bonds is 2. The standard InChI is InChI=1S/C7H11NOS/c9-2-1-8-4-6-3-7(5-8)10-6/h2,6-7H,1,3-5H2. The molecule has 2 nitrogen and oxygen atoms in total. The summed E-state index contributed by atoms with van der Waals surface area (Å²) in [5.41, 5.74) is 0. The predicted molar refractivity (Wildman–Crippen MR) is 42.3 cm³/mol. The molecule has 0 aromatic heterocycles. The van der Waals surface area contributed by atoms with Crippen LogP contribution in [0.15, 0.2) is 0 Å². The van der Waals surface area contributed by atoms with Gasteiger partial charge in [0.2, 0.25) is 0 Å². The van der Waals surface area contributed by atoms with E-state index in [1.807, 2.05) is 0 Å². The summed E-state index contributed by atoms with van der Waals surface area (Å²) in [7, 11) is 0. The Hall–Kier alpha value is -0.0200. The Morgan fingerprint density at radius 1 is 1.50 bits per heavy atom. The number of nitrogens with zero attached hydrogens (tertiary/aromatic N) is 1. The number of carbonyl (C=O) groups is 1. The van der Waals surface area contributed by atoms with Gasteiger partial charge in [-0.25, -0.2) is 0 Å². The molecule has 0 amide bonds. The van der Waals surface area contributed by atoms with Gasteiger partial charge in [0.1, 0.15) is 6.29 Å². The van der Waals surface area contributed by atoms with Crippen LogP contribution in [0, 0.1) is 0 Å². The van der Waals surface area contributed by atoms with Crippen molar-refractivity contribution in [1.82, 2.24) is 4.90 Å². The molecule has 3 aliphatic rings. The maximum atomic E-state index is 10.1. The van der Waals surface area contributed by atoms with Gasteiger partial charge in [-0.2, -0.15) is 11.8 Å². The predicted octanol–water partition coefficient (Wildman–Crippen LogP) is 0.375. The average Bonchev–Trinajstić information content (AvgIpc) is 1.87. The van der Waals surface area contributed by atoms with Crippen LogP contribution < -0.4 is 0 Å². The van der Waals surface area contributed by atoms with Crippen LogP contribution in [-0.2, 0) is 4.79 Å². The lowest BCUT2D eigenvalue weighted by atomic mass is 10.1. The summed E-state index contributed by atoms with van der Waals surface area (Å²) in [6, 6.07) is 0. The Balaban J connectivity index is 1.85. The lowest BCUT2D eigenvalue weighted by Crippen LogP contribution is -2.51. The molecule has 3 fully saturated rings. The Bertz CT molecular complexity index is 135. The zero-order valence-corrected chi connectivity index (χ0v) is 6.64. The maximum absolute atomic E-state index is 10.1. The SMILES string of the molecule is O=CCN1CC2CC(C1)S2. The fraction of sp³-hybridized carbons (Fsp3) is 0.857. The van der Waals surface area contributed by atoms with Crippen LogP contribution >= 0.6 is 11.8 Å². The highest BCUT2D eigenvalue weighted by Crippen LogP contribution is 2.41. The molecular formula is C7H11NOS. The minimum absolute atomic E-state index is 0.646. The Labute approximate surface area is 65.0 Å². The van der Waals surface area contributed by atoms with Crippen molar-refractivity contribution in [3.8, 4) is 0 Å². The van der Waals surface area contributed by atoms with Crippen LogP contribution in [0.25, 0.3) is 0 Å². The summed E-state index contributed by atoms with van der Waals surface area (Å²) in [5, 5.41) is 1.69. The monoisotopic (exact) mass is 157 g/mol. The topological polar surface area (TPSA) is 20.3 Å². The molecule has 0 aromatic rings. The molecule has 0 N–H and O–H groups in total. The van der Waals surface area contributed by atoms with Gasteiger partial charge in [-0.15, -0.1) is 0 Å². The molecule has 56 valence electrons. The molecule has 3 rings (SSSR count). The smallest absolute Gasteiger partial charge is 0.133 e. The second kappa shape index (κ2) is 2.55. The number of aldehydes is 1. The van der Waals surface area contributed by atoms with Crippen molar-refractivity contribution in [2.75, 3.05) is 19.6 Å². The van der Waals surface area contributed by atoms with E-state index in [1.54, 1.807) is 0 Å². The second-order valence-corrected chi connectivity index (χ2v) is 4.61. The first-order chi connectivity index (χ1) is 4.88. The van der Waals surface area contributed by atoms with E-state index in [4.69, 9.17) is 0 Å². The number of thioether (sulfide) groups is 1. The van der Waals surface area contributed by atoms with E-state index in [1.165, 1.54) is 6.42 Å². The van der Waals surface area contributed by atoms with Gasteiger partial charge in [0.15, 0.2) is 0 Å². The molecule has 3 heteroatoms. The van der Waals surface area contributed by atoms with Gasteiger partial charge in [0.05, 0.1) is 6.54 Å². The molecule has 0 aromatic carbocycles. The molecule has 2 bridgehead atoms. The average molecular weight is 157 g/mol. The lowest BCUT2D eigenvalue weighted by Gasteiger charge is -2.45. The number of fused-ring (bicyclic) bond motifs is 2. The van der Waals surface area contributed by atoms with E-state index in [-0.39, 0.29) is 0 Å². The first kappa shape index (κ1) is 6.68. The summed E-state index contributed by atoms with van der Waals surface area (Å²) >= 11 is 2.09. The highest BCUT2D eigenvalue weighted by atomic mass is 32.2. The number of hydrogen-bond acceptors (Lipinski definition) is 3. The second-order valence-electron chi connectivity index (χ2n) is 3.00. The van der Waals surface area contributed by atoms with Gasteiger partial charge in [-0.3, -0.25) is 4.90 Å². The van der Waals surface area contributed by atoms with E-state index in [2.05, 4.69) is 16.7 Å². The van der Waals surface area contributed by atoms with Crippen molar-refractivity contribution in [3.63, 3.8) is 0 Å². The molecule has 0 radical (unpaired) electrons. The van der Waals surface area contributed by atoms with Crippen molar-refractivity contribution >= 4 is 18.0 Å². The van der Waals surface area contributed by atoms with Crippen LogP contribution in [0.5, 0.6) is 0 Å². The number of piperidine rings is 1. The molecule has 3 aliphatic heterocycles. The summed E-state index contributed by atoms with van der Waals surface area (Å²) in [4.78, 5) is 12.4. The zero-order chi connectivity index (χ0) is 6.97. The summed E-state index contributed by atoms with van der Waals surface area (Å²) in [5.74, 6) is 0. The van der Waals surface area contributed by atoms with Crippen LogP contribution in [0.4, 0.5) is 0 Å². The Kier molecular flexibility index (Phi) is 1.70. The van der Waals surface area contributed by atoms with Crippen LogP contribution in [0.1, 0.15) is 6.42 Å². The molecule has 10 heavy (non-hydrogen) atoms. The highest BCUT2D eigenvalue weighted by Gasteiger charge is 2.37. The third-order valence-corrected chi connectivity index (χ3v) is 3.62.